The van der Waals surface area contributed by atoms with Crippen molar-refractivity contribution in [2.75, 3.05) is 19.7 Å². The Hall–Kier alpha value is -1.46. The maximum atomic E-state index is 13.6. The normalized spacial score (nSPS) is 18.6. The predicted molar refractivity (Wildman–Crippen MR) is 73.3 cm³/mol. The summed E-state index contributed by atoms with van der Waals surface area (Å²) in [5.74, 6) is -1.91. The van der Waals surface area contributed by atoms with E-state index < -0.39 is 11.8 Å². The zero-order valence-electron chi connectivity index (χ0n) is 11.6. The first-order valence-electron chi connectivity index (χ1n) is 6.95. The lowest BCUT2D eigenvalue weighted by atomic mass is 10.1. The van der Waals surface area contributed by atoms with Crippen molar-refractivity contribution >= 4 is 5.97 Å². The fourth-order valence-corrected chi connectivity index (χ4v) is 2.47. The number of benzene rings is 1. The van der Waals surface area contributed by atoms with Crippen LogP contribution in [-0.2, 0) is 11.3 Å². The second kappa shape index (κ2) is 6.81. The van der Waals surface area contributed by atoms with Gasteiger partial charge in [0.2, 0.25) is 0 Å². The lowest BCUT2D eigenvalue weighted by Crippen LogP contribution is -2.31. The lowest BCUT2D eigenvalue weighted by molar-refractivity contribution is 0.0692. The van der Waals surface area contributed by atoms with Gasteiger partial charge in [0.1, 0.15) is 5.82 Å². The minimum absolute atomic E-state index is 0.262. The van der Waals surface area contributed by atoms with Gasteiger partial charge in [0.25, 0.3) is 0 Å². The molecule has 20 heavy (non-hydrogen) atoms. The van der Waals surface area contributed by atoms with Crippen molar-refractivity contribution in [3.05, 3.63) is 35.1 Å². The summed E-state index contributed by atoms with van der Waals surface area (Å²) in [5, 5.41) is 8.81. The van der Waals surface area contributed by atoms with E-state index in [2.05, 4.69) is 11.8 Å². The molecular weight excluding hydrogens is 261 g/mol. The van der Waals surface area contributed by atoms with Crippen LogP contribution in [-0.4, -0.2) is 41.8 Å². The number of hydrogen-bond acceptors (Lipinski definition) is 3. The number of ether oxygens (including phenoxy) is 1. The number of hydrogen-bond donors (Lipinski definition) is 1. The number of halogens is 1. The number of aromatic carboxylic acids is 1. The summed E-state index contributed by atoms with van der Waals surface area (Å²) in [4.78, 5) is 13.0. The molecule has 1 saturated heterocycles. The van der Waals surface area contributed by atoms with Crippen molar-refractivity contribution in [1.29, 1.82) is 0 Å². The SMILES string of the molecule is CCN(Cc1ccc(C(=O)O)c(F)c1)CC1CCCO1. The lowest BCUT2D eigenvalue weighted by Gasteiger charge is -2.23. The van der Waals surface area contributed by atoms with Crippen LogP contribution in [0.2, 0.25) is 0 Å². The van der Waals surface area contributed by atoms with Crippen molar-refractivity contribution in [3.8, 4) is 0 Å². The highest BCUT2D eigenvalue weighted by molar-refractivity contribution is 5.87. The molecule has 1 aliphatic rings. The minimum Gasteiger partial charge on any atom is -0.478 e. The van der Waals surface area contributed by atoms with Crippen LogP contribution in [0.4, 0.5) is 4.39 Å². The summed E-state index contributed by atoms with van der Waals surface area (Å²) in [6.45, 7) is 5.16. The Labute approximate surface area is 118 Å². The standard InChI is InChI=1S/C15H20FNO3/c1-2-17(10-12-4-3-7-20-12)9-11-5-6-13(15(18)19)14(16)8-11/h5-6,8,12H,2-4,7,9-10H2,1H3,(H,18,19). The minimum atomic E-state index is -1.24. The number of carbonyl (C=O) groups is 1. The zero-order chi connectivity index (χ0) is 14.5. The summed E-state index contributed by atoms with van der Waals surface area (Å²) in [7, 11) is 0. The van der Waals surface area contributed by atoms with E-state index in [-0.39, 0.29) is 11.7 Å². The van der Waals surface area contributed by atoms with Gasteiger partial charge in [0, 0.05) is 19.7 Å². The van der Waals surface area contributed by atoms with E-state index in [0.29, 0.717) is 6.54 Å². The maximum absolute atomic E-state index is 13.6. The van der Waals surface area contributed by atoms with E-state index in [0.717, 1.165) is 38.1 Å². The quantitative estimate of drug-likeness (QED) is 0.870. The Balaban J connectivity index is 1.99. The van der Waals surface area contributed by atoms with Gasteiger partial charge in [-0.3, -0.25) is 4.90 Å². The Bertz CT molecular complexity index is 472. The molecule has 1 fully saturated rings. The van der Waals surface area contributed by atoms with Crippen molar-refractivity contribution in [2.45, 2.75) is 32.4 Å². The molecular formula is C15H20FNO3. The molecule has 0 amide bonds. The second-order valence-corrected chi connectivity index (χ2v) is 5.08. The first kappa shape index (κ1) is 14.9. The van der Waals surface area contributed by atoms with Crippen LogP contribution in [0, 0.1) is 5.82 Å². The molecule has 1 atom stereocenters. The van der Waals surface area contributed by atoms with E-state index in [4.69, 9.17) is 9.84 Å². The van der Waals surface area contributed by atoms with E-state index in [1.807, 2.05) is 0 Å². The maximum Gasteiger partial charge on any atom is 0.338 e. The molecule has 110 valence electrons. The highest BCUT2D eigenvalue weighted by Gasteiger charge is 2.19. The summed E-state index contributed by atoms with van der Waals surface area (Å²) in [6, 6.07) is 4.30. The van der Waals surface area contributed by atoms with Gasteiger partial charge in [-0.2, -0.15) is 0 Å². The summed E-state index contributed by atoms with van der Waals surface area (Å²) >= 11 is 0. The molecule has 1 aromatic rings. The summed E-state index contributed by atoms with van der Waals surface area (Å²) in [6.07, 6.45) is 2.44. The molecule has 2 rings (SSSR count). The Morgan fingerprint density at radius 3 is 2.90 bits per heavy atom. The third-order valence-corrected chi connectivity index (χ3v) is 3.60. The average molecular weight is 281 g/mol. The molecule has 0 aromatic heterocycles. The molecule has 1 N–H and O–H groups in total. The number of rotatable bonds is 6. The third-order valence-electron chi connectivity index (χ3n) is 3.60. The van der Waals surface area contributed by atoms with Crippen molar-refractivity contribution in [3.63, 3.8) is 0 Å². The van der Waals surface area contributed by atoms with Gasteiger partial charge < -0.3 is 9.84 Å². The molecule has 5 heteroatoms. The molecule has 0 bridgehead atoms. The molecule has 0 radical (unpaired) electrons. The largest absolute Gasteiger partial charge is 0.478 e. The molecule has 0 aliphatic carbocycles. The van der Waals surface area contributed by atoms with Gasteiger partial charge in [0.05, 0.1) is 11.7 Å². The number of carboxylic acid groups (broad SMARTS) is 1. The first-order valence-corrected chi connectivity index (χ1v) is 6.95. The van der Waals surface area contributed by atoms with Crippen LogP contribution < -0.4 is 0 Å². The van der Waals surface area contributed by atoms with Crippen molar-refractivity contribution in [1.82, 2.24) is 4.90 Å². The highest BCUT2D eigenvalue weighted by atomic mass is 19.1. The fraction of sp³-hybridized carbons (Fsp3) is 0.533. The van der Waals surface area contributed by atoms with Crippen LogP contribution in [0.5, 0.6) is 0 Å². The van der Waals surface area contributed by atoms with E-state index in [1.54, 1.807) is 6.07 Å². The zero-order valence-corrected chi connectivity index (χ0v) is 11.6. The second-order valence-electron chi connectivity index (χ2n) is 5.08. The van der Waals surface area contributed by atoms with Gasteiger partial charge in [-0.1, -0.05) is 13.0 Å². The monoisotopic (exact) mass is 281 g/mol. The van der Waals surface area contributed by atoms with Crippen LogP contribution >= 0.6 is 0 Å². The third kappa shape index (κ3) is 3.77. The Morgan fingerprint density at radius 1 is 1.55 bits per heavy atom. The fourth-order valence-electron chi connectivity index (χ4n) is 2.47. The number of likely N-dealkylation sites (N-methyl/N-ethyl adjacent to an activating group) is 1. The van der Waals surface area contributed by atoms with E-state index in [9.17, 15) is 9.18 Å². The number of nitrogens with zero attached hydrogens (tertiary/aromatic N) is 1. The molecule has 1 aliphatic heterocycles. The van der Waals surface area contributed by atoms with Crippen LogP contribution in [0.3, 0.4) is 0 Å². The summed E-state index contributed by atoms with van der Waals surface area (Å²) < 4.78 is 19.2. The van der Waals surface area contributed by atoms with Gasteiger partial charge in [0.15, 0.2) is 0 Å². The average Bonchev–Trinajstić information content (AvgIpc) is 2.90. The van der Waals surface area contributed by atoms with Gasteiger partial charge in [-0.15, -0.1) is 0 Å². The predicted octanol–water partition coefficient (Wildman–Crippen LogP) is 2.52. The van der Waals surface area contributed by atoms with Gasteiger partial charge in [-0.05, 0) is 37.1 Å². The topological polar surface area (TPSA) is 49.8 Å². The number of carboxylic acids is 1. The van der Waals surface area contributed by atoms with Crippen molar-refractivity contribution in [2.24, 2.45) is 0 Å². The highest BCUT2D eigenvalue weighted by Crippen LogP contribution is 2.16. The van der Waals surface area contributed by atoms with Crippen molar-refractivity contribution < 1.29 is 19.0 Å². The Morgan fingerprint density at radius 2 is 2.35 bits per heavy atom. The smallest absolute Gasteiger partial charge is 0.338 e. The van der Waals surface area contributed by atoms with Crippen LogP contribution in [0.15, 0.2) is 18.2 Å². The molecule has 4 nitrogen and oxygen atoms in total. The van der Waals surface area contributed by atoms with Crippen LogP contribution in [0.25, 0.3) is 0 Å². The Kier molecular flexibility index (Phi) is 5.09. The van der Waals surface area contributed by atoms with Gasteiger partial charge in [-0.25, -0.2) is 9.18 Å². The van der Waals surface area contributed by atoms with Gasteiger partial charge >= 0.3 is 5.97 Å². The van der Waals surface area contributed by atoms with E-state index >= 15 is 0 Å². The first-order chi connectivity index (χ1) is 9.60. The van der Waals surface area contributed by atoms with E-state index in [1.165, 1.54) is 12.1 Å². The molecule has 0 spiro atoms. The molecule has 1 heterocycles. The molecule has 1 aromatic carbocycles. The van der Waals surface area contributed by atoms with Crippen LogP contribution in [0.1, 0.15) is 35.7 Å². The molecule has 1 unspecified atom stereocenters. The summed E-state index contributed by atoms with van der Waals surface area (Å²) in [5.41, 5.74) is 0.503. The molecule has 0 saturated carbocycles.